The summed E-state index contributed by atoms with van der Waals surface area (Å²) in [6.07, 6.45) is 2.27. The maximum absolute atomic E-state index is 8.95. The predicted molar refractivity (Wildman–Crippen MR) is 65.7 cm³/mol. The lowest BCUT2D eigenvalue weighted by atomic mass is 10.1. The van der Waals surface area contributed by atoms with E-state index in [4.69, 9.17) is 21.6 Å². The van der Waals surface area contributed by atoms with Crippen molar-refractivity contribution in [3.63, 3.8) is 0 Å². The van der Waals surface area contributed by atoms with Crippen LogP contribution in [0.15, 0.2) is 18.2 Å². The van der Waals surface area contributed by atoms with Gasteiger partial charge in [0.05, 0.1) is 11.6 Å². The Labute approximate surface area is 102 Å². The highest BCUT2D eigenvalue weighted by Crippen LogP contribution is 2.25. The minimum atomic E-state index is 0.424. The zero-order chi connectivity index (χ0) is 12.0. The molecule has 1 unspecified atom stereocenters. The average molecular weight is 238 g/mol. The molecular formula is C13H16ClNO. The summed E-state index contributed by atoms with van der Waals surface area (Å²) < 4.78 is 5.62. The molecule has 0 radical (unpaired) electrons. The molecule has 0 fully saturated rings. The number of hydrogen-bond donors (Lipinski definition) is 0. The fourth-order valence-corrected chi connectivity index (χ4v) is 1.75. The number of halogens is 1. The van der Waals surface area contributed by atoms with Gasteiger partial charge in [-0.15, -0.1) is 0 Å². The molecule has 2 nitrogen and oxygen atoms in total. The highest BCUT2D eigenvalue weighted by Gasteiger charge is 2.08. The summed E-state index contributed by atoms with van der Waals surface area (Å²) in [6.45, 7) is 4.92. The molecule has 86 valence electrons. The maximum Gasteiger partial charge on any atom is 0.138 e. The summed E-state index contributed by atoms with van der Waals surface area (Å²) in [7, 11) is 0. The van der Waals surface area contributed by atoms with Gasteiger partial charge in [0, 0.05) is 0 Å². The Morgan fingerprint density at radius 2 is 2.25 bits per heavy atom. The smallest absolute Gasteiger partial charge is 0.138 e. The fraction of sp³-hybridized carbons (Fsp3) is 0.462. The molecule has 1 aromatic carbocycles. The molecule has 0 heterocycles. The van der Waals surface area contributed by atoms with Crippen molar-refractivity contribution in [2.45, 2.75) is 26.7 Å². The third-order valence-electron chi connectivity index (χ3n) is 2.39. The van der Waals surface area contributed by atoms with Gasteiger partial charge in [-0.3, -0.25) is 0 Å². The molecule has 1 rings (SSSR count). The van der Waals surface area contributed by atoms with Crippen LogP contribution in [0.3, 0.4) is 0 Å². The Morgan fingerprint density at radius 3 is 2.88 bits per heavy atom. The van der Waals surface area contributed by atoms with E-state index in [2.05, 4.69) is 19.9 Å². The molecule has 0 aliphatic rings. The Balaban J connectivity index is 2.67. The quantitative estimate of drug-likeness (QED) is 0.775. The summed E-state index contributed by atoms with van der Waals surface area (Å²) in [5.74, 6) is 1.08. The van der Waals surface area contributed by atoms with Crippen molar-refractivity contribution in [1.82, 2.24) is 0 Å². The summed E-state index contributed by atoms with van der Waals surface area (Å²) >= 11 is 5.90. The van der Waals surface area contributed by atoms with E-state index in [9.17, 15) is 0 Å². The van der Waals surface area contributed by atoms with Crippen LogP contribution in [0.4, 0.5) is 0 Å². The zero-order valence-corrected chi connectivity index (χ0v) is 10.4. The highest BCUT2D eigenvalue weighted by molar-refractivity contribution is 6.31. The summed E-state index contributed by atoms with van der Waals surface area (Å²) in [5.41, 5.74) is 0.424. The highest BCUT2D eigenvalue weighted by atomic mass is 35.5. The SMILES string of the molecule is CCCC(C)COc1cccc(Cl)c1C#N. The van der Waals surface area contributed by atoms with E-state index in [1.807, 2.05) is 0 Å². The topological polar surface area (TPSA) is 33.0 Å². The molecule has 0 aliphatic carbocycles. The predicted octanol–water partition coefficient (Wildman–Crippen LogP) is 4.03. The lowest BCUT2D eigenvalue weighted by molar-refractivity contribution is 0.251. The van der Waals surface area contributed by atoms with Gasteiger partial charge in [0.1, 0.15) is 17.4 Å². The van der Waals surface area contributed by atoms with Crippen LogP contribution in [-0.2, 0) is 0 Å². The van der Waals surface area contributed by atoms with Crippen LogP contribution >= 0.6 is 11.6 Å². The van der Waals surface area contributed by atoms with Crippen LogP contribution in [0.1, 0.15) is 32.3 Å². The van der Waals surface area contributed by atoms with E-state index in [1.54, 1.807) is 18.2 Å². The molecular weight excluding hydrogens is 222 g/mol. The number of benzene rings is 1. The molecule has 0 spiro atoms. The molecule has 0 aliphatic heterocycles. The van der Waals surface area contributed by atoms with Crippen molar-refractivity contribution in [1.29, 1.82) is 5.26 Å². The summed E-state index contributed by atoms with van der Waals surface area (Å²) in [4.78, 5) is 0. The molecule has 0 N–H and O–H groups in total. The second-order valence-corrected chi connectivity index (χ2v) is 4.34. The van der Waals surface area contributed by atoms with E-state index in [-0.39, 0.29) is 0 Å². The van der Waals surface area contributed by atoms with Gasteiger partial charge in [-0.1, -0.05) is 37.9 Å². The second-order valence-electron chi connectivity index (χ2n) is 3.93. The van der Waals surface area contributed by atoms with Gasteiger partial charge >= 0.3 is 0 Å². The fourth-order valence-electron chi connectivity index (χ4n) is 1.54. The second kappa shape index (κ2) is 6.40. The van der Waals surface area contributed by atoms with Gasteiger partial charge < -0.3 is 4.74 Å². The monoisotopic (exact) mass is 237 g/mol. The standard InChI is InChI=1S/C13H16ClNO/c1-3-5-10(2)9-16-13-7-4-6-12(14)11(13)8-15/h4,6-7,10H,3,5,9H2,1-2H3. The van der Waals surface area contributed by atoms with Crippen molar-refractivity contribution in [3.05, 3.63) is 28.8 Å². The maximum atomic E-state index is 8.95. The van der Waals surface area contributed by atoms with E-state index < -0.39 is 0 Å². The van der Waals surface area contributed by atoms with Crippen molar-refractivity contribution < 1.29 is 4.74 Å². The first-order valence-electron chi connectivity index (χ1n) is 5.50. The van der Waals surface area contributed by atoms with E-state index in [1.165, 1.54) is 0 Å². The molecule has 0 amide bonds. The van der Waals surface area contributed by atoms with Gasteiger partial charge in [-0.2, -0.15) is 5.26 Å². The van der Waals surface area contributed by atoms with E-state index in [0.717, 1.165) is 12.8 Å². The van der Waals surface area contributed by atoms with Crippen molar-refractivity contribution >= 4 is 11.6 Å². The van der Waals surface area contributed by atoms with Crippen LogP contribution in [0.25, 0.3) is 0 Å². The lowest BCUT2D eigenvalue weighted by Crippen LogP contribution is -2.08. The van der Waals surface area contributed by atoms with Gasteiger partial charge in [0.25, 0.3) is 0 Å². The molecule has 0 saturated carbocycles. The van der Waals surface area contributed by atoms with Crippen LogP contribution in [0.5, 0.6) is 5.75 Å². The Bertz CT molecular complexity index is 384. The number of ether oxygens (including phenoxy) is 1. The number of hydrogen-bond acceptors (Lipinski definition) is 2. The van der Waals surface area contributed by atoms with Crippen molar-refractivity contribution in [2.24, 2.45) is 5.92 Å². The van der Waals surface area contributed by atoms with Crippen LogP contribution in [0.2, 0.25) is 5.02 Å². The van der Waals surface area contributed by atoms with Crippen molar-refractivity contribution in [3.8, 4) is 11.8 Å². The first-order valence-corrected chi connectivity index (χ1v) is 5.88. The third-order valence-corrected chi connectivity index (χ3v) is 2.71. The molecule has 3 heteroatoms. The normalized spacial score (nSPS) is 11.9. The zero-order valence-electron chi connectivity index (χ0n) is 9.66. The Hall–Kier alpha value is -1.20. The van der Waals surface area contributed by atoms with Crippen LogP contribution < -0.4 is 4.74 Å². The number of nitriles is 1. The minimum Gasteiger partial charge on any atom is -0.492 e. The van der Waals surface area contributed by atoms with Gasteiger partial charge in [-0.25, -0.2) is 0 Å². The number of rotatable bonds is 5. The van der Waals surface area contributed by atoms with Gasteiger partial charge in [0.2, 0.25) is 0 Å². The first kappa shape index (κ1) is 12.9. The molecule has 0 saturated heterocycles. The van der Waals surface area contributed by atoms with Crippen LogP contribution in [0, 0.1) is 17.2 Å². The Morgan fingerprint density at radius 1 is 1.50 bits per heavy atom. The molecule has 16 heavy (non-hydrogen) atoms. The molecule has 0 aromatic heterocycles. The largest absolute Gasteiger partial charge is 0.492 e. The van der Waals surface area contributed by atoms with Crippen molar-refractivity contribution in [2.75, 3.05) is 6.61 Å². The molecule has 0 bridgehead atoms. The minimum absolute atomic E-state index is 0.424. The van der Waals surface area contributed by atoms with Crippen LogP contribution in [-0.4, -0.2) is 6.61 Å². The Kier molecular flexibility index (Phi) is 5.14. The molecule has 1 atom stereocenters. The lowest BCUT2D eigenvalue weighted by Gasteiger charge is -2.13. The van der Waals surface area contributed by atoms with E-state index >= 15 is 0 Å². The van der Waals surface area contributed by atoms with Gasteiger partial charge in [0.15, 0.2) is 0 Å². The van der Waals surface area contributed by atoms with Gasteiger partial charge in [-0.05, 0) is 24.5 Å². The third kappa shape index (κ3) is 3.43. The summed E-state index contributed by atoms with van der Waals surface area (Å²) in [6, 6.07) is 7.33. The first-order chi connectivity index (χ1) is 7.69. The number of nitrogens with zero attached hydrogens (tertiary/aromatic N) is 1. The average Bonchev–Trinajstić information content (AvgIpc) is 2.27. The molecule has 1 aromatic rings. The van der Waals surface area contributed by atoms with E-state index in [0.29, 0.717) is 28.9 Å². The summed E-state index contributed by atoms with van der Waals surface area (Å²) in [5, 5.41) is 9.40.